The summed E-state index contributed by atoms with van der Waals surface area (Å²) in [6.07, 6.45) is 20.3. The zero-order chi connectivity index (χ0) is 17.2. The quantitative estimate of drug-likeness (QED) is 0.229. The van der Waals surface area contributed by atoms with Crippen molar-refractivity contribution in [3.63, 3.8) is 0 Å². The minimum atomic E-state index is -0.937. The Morgan fingerprint density at radius 1 is 0.696 bits per heavy atom. The Balaban J connectivity index is 3.70. The van der Waals surface area contributed by atoms with Gasteiger partial charge in [-0.15, -0.1) is 0 Å². The number of unbranched alkanes of at least 4 members (excludes halogenated alkanes) is 12. The summed E-state index contributed by atoms with van der Waals surface area (Å²) in [5.74, 6) is 0.193. The molecule has 0 aliphatic carbocycles. The van der Waals surface area contributed by atoms with Crippen LogP contribution in [0.4, 0.5) is 0 Å². The van der Waals surface area contributed by atoms with Crippen LogP contribution in [0.2, 0.25) is 0 Å². The number of hydrogen-bond acceptors (Lipinski definition) is 2. The molecule has 138 valence electrons. The van der Waals surface area contributed by atoms with Crippen LogP contribution in [0.1, 0.15) is 117 Å². The first-order valence-electron chi connectivity index (χ1n) is 10.1. The number of aliphatic hydroxyl groups excluding tert-OH is 1. The topological polar surface area (TPSA) is 37.3 Å². The monoisotopic (exact) mass is 392 g/mol. The van der Waals surface area contributed by atoms with Crippen LogP contribution in [0, 0.1) is 5.92 Å². The molecule has 3 heteroatoms. The molecule has 2 nitrogen and oxygen atoms in total. The van der Waals surface area contributed by atoms with Crippen molar-refractivity contribution in [3.05, 3.63) is 0 Å². The Labute approximate surface area is 150 Å². The summed E-state index contributed by atoms with van der Waals surface area (Å²) in [7, 11) is 0. The average molecular weight is 391 g/mol. The molecule has 0 aromatic heterocycles. The van der Waals surface area contributed by atoms with Crippen LogP contribution in [-0.2, 0) is 3.83 Å². The summed E-state index contributed by atoms with van der Waals surface area (Å²) < 4.78 is 11.3. The molecule has 0 fully saturated rings. The Bertz CT molecular complexity index is 298. The summed E-state index contributed by atoms with van der Waals surface area (Å²) in [4.78, 5) is 0. The molecule has 23 heavy (non-hydrogen) atoms. The maximum atomic E-state index is 11.1. The second kappa shape index (κ2) is 18.5. The molecule has 1 atom stereocenters. The van der Waals surface area contributed by atoms with Crippen LogP contribution >= 0.6 is 0 Å². The molecule has 0 bridgehead atoms. The van der Waals surface area contributed by atoms with Crippen molar-refractivity contribution in [2.45, 2.75) is 117 Å². The maximum absolute atomic E-state index is 11.1. The van der Waals surface area contributed by atoms with E-state index in [0.717, 1.165) is 12.8 Å². The summed E-state index contributed by atoms with van der Waals surface area (Å²) in [5.41, 5.74) is 0. The predicted octanol–water partition coefficient (Wildman–Crippen LogP) is 6.44. The second-order valence-corrected chi connectivity index (χ2v) is 8.17. The molecule has 0 saturated heterocycles. The van der Waals surface area contributed by atoms with E-state index in [1.54, 1.807) is 0 Å². The normalized spacial score (nSPS) is 12.3. The summed E-state index contributed by atoms with van der Waals surface area (Å²) in [6, 6.07) is 0. The standard InChI is InChI=1S/C20H40O2Se/c1-3-5-7-9-11-12-14-16-18-19(20(21)23-22)17-15-13-10-8-6-4-2/h19,21H,3-18H2,1-2H3. The van der Waals surface area contributed by atoms with Crippen molar-refractivity contribution in [1.29, 1.82) is 0 Å². The van der Waals surface area contributed by atoms with Crippen LogP contribution in [0.5, 0.6) is 0 Å². The number of hydrogen-bond donors (Lipinski definition) is 1. The van der Waals surface area contributed by atoms with E-state index in [0.29, 0.717) is 0 Å². The molecule has 0 spiro atoms. The summed E-state index contributed by atoms with van der Waals surface area (Å²) in [6.45, 7) is 4.49. The molecule has 0 aromatic rings. The van der Waals surface area contributed by atoms with Gasteiger partial charge in [-0.2, -0.15) is 0 Å². The Morgan fingerprint density at radius 3 is 1.39 bits per heavy atom. The molecule has 0 aromatic carbocycles. The van der Waals surface area contributed by atoms with Crippen LogP contribution in [0.25, 0.3) is 0 Å². The van der Waals surface area contributed by atoms with Gasteiger partial charge >= 0.3 is 150 Å². The van der Waals surface area contributed by atoms with E-state index in [9.17, 15) is 8.94 Å². The fourth-order valence-corrected chi connectivity index (χ4v) is 3.94. The van der Waals surface area contributed by atoms with Gasteiger partial charge in [-0.3, -0.25) is 0 Å². The van der Waals surface area contributed by atoms with E-state index in [4.69, 9.17) is 0 Å². The van der Waals surface area contributed by atoms with Gasteiger partial charge in [0.05, 0.1) is 0 Å². The van der Waals surface area contributed by atoms with E-state index in [1.165, 1.54) is 89.9 Å². The third-order valence-corrected chi connectivity index (χ3v) is 5.80. The van der Waals surface area contributed by atoms with Gasteiger partial charge in [-0.05, 0) is 0 Å². The fourth-order valence-electron chi connectivity index (χ4n) is 3.16. The van der Waals surface area contributed by atoms with Gasteiger partial charge in [0, 0.05) is 0 Å². The Morgan fingerprint density at radius 2 is 1.04 bits per heavy atom. The zero-order valence-electron chi connectivity index (χ0n) is 15.7. The SMILES string of the molecule is CCCCCCCCCCC(CCCCCCCC)C(O)=[Se]=O. The van der Waals surface area contributed by atoms with Gasteiger partial charge in [-0.25, -0.2) is 0 Å². The van der Waals surface area contributed by atoms with E-state index in [1.807, 2.05) is 0 Å². The van der Waals surface area contributed by atoms with Crippen molar-refractivity contribution in [2.24, 2.45) is 5.92 Å². The molecule has 1 N–H and O–H groups in total. The fraction of sp³-hybridized carbons (Fsp3) is 0.950. The first-order chi connectivity index (χ1) is 11.3. The van der Waals surface area contributed by atoms with E-state index in [2.05, 4.69) is 13.8 Å². The predicted molar refractivity (Wildman–Crippen MR) is 102 cm³/mol. The average Bonchev–Trinajstić information content (AvgIpc) is 2.57. The van der Waals surface area contributed by atoms with Crippen molar-refractivity contribution < 1.29 is 8.94 Å². The van der Waals surface area contributed by atoms with Crippen molar-refractivity contribution in [1.82, 2.24) is 0 Å². The van der Waals surface area contributed by atoms with Crippen LogP contribution < -0.4 is 0 Å². The molecule has 1 unspecified atom stereocenters. The number of aliphatic hydroxyl groups is 1. The Kier molecular flexibility index (Phi) is 18.6. The van der Waals surface area contributed by atoms with Gasteiger partial charge < -0.3 is 0 Å². The van der Waals surface area contributed by atoms with E-state index >= 15 is 0 Å². The summed E-state index contributed by atoms with van der Waals surface area (Å²) in [5, 5.41) is 9.89. The Hall–Kier alpha value is 0.149. The van der Waals surface area contributed by atoms with E-state index in [-0.39, 0.29) is 10.5 Å². The van der Waals surface area contributed by atoms with Gasteiger partial charge in [-0.1, -0.05) is 0 Å². The first kappa shape index (κ1) is 23.1. The van der Waals surface area contributed by atoms with Crippen LogP contribution in [0.15, 0.2) is 0 Å². The van der Waals surface area contributed by atoms with Crippen LogP contribution in [0.3, 0.4) is 0 Å². The third-order valence-electron chi connectivity index (χ3n) is 4.75. The van der Waals surface area contributed by atoms with E-state index < -0.39 is 14.5 Å². The van der Waals surface area contributed by atoms with Gasteiger partial charge in [0.2, 0.25) is 0 Å². The molecule has 0 aliphatic rings. The zero-order valence-corrected chi connectivity index (χ0v) is 17.4. The molecular weight excluding hydrogens is 351 g/mol. The molecule has 0 saturated carbocycles. The molecule has 0 aliphatic heterocycles. The molecular formula is C20H40O2Se. The van der Waals surface area contributed by atoms with Gasteiger partial charge in [0.25, 0.3) is 0 Å². The van der Waals surface area contributed by atoms with Crippen LogP contribution in [-0.4, -0.2) is 24.2 Å². The summed E-state index contributed by atoms with van der Waals surface area (Å²) >= 11 is -0.937. The first-order valence-corrected chi connectivity index (χ1v) is 11.7. The molecule has 0 heterocycles. The van der Waals surface area contributed by atoms with Crippen molar-refractivity contribution in [3.8, 4) is 0 Å². The molecule has 0 amide bonds. The van der Waals surface area contributed by atoms with Crippen molar-refractivity contribution in [2.75, 3.05) is 0 Å². The second-order valence-electron chi connectivity index (χ2n) is 6.94. The molecule has 0 rings (SSSR count). The molecule has 0 radical (unpaired) electrons. The van der Waals surface area contributed by atoms with Gasteiger partial charge in [0.1, 0.15) is 0 Å². The number of rotatable bonds is 17. The minimum absolute atomic E-state index is 0.193. The van der Waals surface area contributed by atoms with Gasteiger partial charge in [0.15, 0.2) is 0 Å². The third kappa shape index (κ3) is 15.4. The van der Waals surface area contributed by atoms with Crippen molar-refractivity contribution >= 4 is 19.1 Å².